The average Bonchev–Trinajstić information content (AvgIpc) is 2.41. The molecule has 0 saturated carbocycles. The van der Waals surface area contributed by atoms with Crippen molar-refractivity contribution in [3.63, 3.8) is 0 Å². The number of rotatable bonds is 5. The van der Waals surface area contributed by atoms with Crippen LogP contribution in [-0.2, 0) is 4.74 Å². The lowest BCUT2D eigenvalue weighted by Crippen LogP contribution is -2.47. The van der Waals surface area contributed by atoms with E-state index in [0.29, 0.717) is 4.47 Å². The van der Waals surface area contributed by atoms with E-state index in [9.17, 15) is 28.1 Å². The lowest BCUT2D eigenvalue weighted by Gasteiger charge is -2.28. The van der Waals surface area contributed by atoms with Crippen LogP contribution in [0.15, 0.2) is 16.7 Å². The highest BCUT2D eigenvalue weighted by Gasteiger charge is 2.43. The first-order valence-electron chi connectivity index (χ1n) is 6.81. The summed E-state index contributed by atoms with van der Waals surface area (Å²) in [7, 11) is 0. The number of pyridine rings is 1. The summed E-state index contributed by atoms with van der Waals surface area (Å²) in [6, 6.07) is 1.09. The Morgan fingerprint density at radius 3 is 2.48 bits per heavy atom. The van der Waals surface area contributed by atoms with Crippen LogP contribution in [0.5, 0.6) is 5.88 Å². The Bertz CT molecular complexity index is 649. The zero-order valence-corrected chi connectivity index (χ0v) is 15.0. The molecule has 1 aromatic rings. The fourth-order valence-corrected chi connectivity index (χ4v) is 1.85. The lowest BCUT2D eigenvalue weighted by atomic mass is 10.2. The van der Waals surface area contributed by atoms with Crippen molar-refractivity contribution in [1.82, 2.24) is 9.88 Å². The molecule has 0 atom stereocenters. The number of aromatic nitrogens is 1. The van der Waals surface area contributed by atoms with E-state index < -0.39 is 52.5 Å². The van der Waals surface area contributed by atoms with Gasteiger partial charge in [-0.15, -0.1) is 13.2 Å². The number of amides is 1. The summed E-state index contributed by atoms with van der Waals surface area (Å²) in [5, 5.41) is 10.9. The SMILES string of the molecule is CC(C)(C)OC(=O)N(CCOc1ncc(Br)cc1[N+](=O)[O-])C(F)(F)F. The molecule has 0 spiro atoms. The van der Waals surface area contributed by atoms with Gasteiger partial charge in [-0.05, 0) is 36.7 Å². The smallest absolute Gasteiger partial charge is 0.471 e. The molecule has 12 heteroatoms. The molecule has 0 saturated heterocycles. The third-order valence-electron chi connectivity index (χ3n) is 2.47. The lowest BCUT2D eigenvalue weighted by molar-refractivity contribution is -0.386. The third kappa shape index (κ3) is 6.72. The van der Waals surface area contributed by atoms with Crippen LogP contribution in [0.25, 0.3) is 0 Å². The van der Waals surface area contributed by atoms with Gasteiger partial charge >= 0.3 is 18.1 Å². The van der Waals surface area contributed by atoms with Gasteiger partial charge in [0.1, 0.15) is 12.2 Å². The molecule has 25 heavy (non-hydrogen) atoms. The molecule has 1 rings (SSSR count). The van der Waals surface area contributed by atoms with Crippen molar-refractivity contribution in [2.24, 2.45) is 0 Å². The molecule has 0 radical (unpaired) electrons. The van der Waals surface area contributed by atoms with Crippen LogP contribution in [0.2, 0.25) is 0 Å². The number of ether oxygens (including phenoxy) is 2. The van der Waals surface area contributed by atoms with Crippen LogP contribution >= 0.6 is 15.9 Å². The molecule has 0 fully saturated rings. The van der Waals surface area contributed by atoms with Gasteiger partial charge in [0.05, 0.1) is 11.5 Å². The highest BCUT2D eigenvalue weighted by Crippen LogP contribution is 2.28. The minimum absolute atomic E-state index is 0.303. The van der Waals surface area contributed by atoms with Gasteiger partial charge in [-0.2, -0.15) is 0 Å². The van der Waals surface area contributed by atoms with E-state index in [-0.39, 0.29) is 0 Å². The third-order valence-corrected chi connectivity index (χ3v) is 2.90. The monoisotopic (exact) mass is 429 g/mol. The average molecular weight is 430 g/mol. The number of hydrogen-bond donors (Lipinski definition) is 0. The van der Waals surface area contributed by atoms with E-state index in [0.717, 1.165) is 6.07 Å². The molecule has 8 nitrogen and oxygen atoms in total. The first-order valence-corrected chi connectivity index (χ1v) is 7.60. The second kappa shape index (κ2) is 7.85. The van der Waals surface area contributed by atoms with Crippen LogP contribution in [0, 0.1) is 10.1 Å². The predicted molar refractivity (Wildman–Crippen MR) is 83.1 cm³/mol. The van der Waals surface area contributed by atoms with Crippen LogP contribution in [0.4, 0.5) is 23.7 Å². The molecule has 0 aromatic carbocycles. The molecule has 0 aliphatic heterocycles. The first kappa shape index (κ1) is 20.9. The molecular formula is C13H15BrF3N3O5. The van der Waals surface area contributed by atoms with Crippen molar-refractivity contribution >= 4 is 27.7 Å². The van der Waals surface area contributed by atoms with E-state index in [1.807, 2.05) is 0 Å². The molecule has 0 N–H and O–H groups in total. The number of carbonyl (C=O) groups is 1. The van der Waals surface area contributed by atoms with Crippen molar-refractivity contribution in [2.45, 2.75) is 32.7 Å². The minimum Gasteiger partial charge on any atom is -0.471 e. The fraction of sp³-hybridized carbons (Fsp3) is 0.538. The first-order chi connectivity index (χ1) is 11.3. The van der Waals surface area contributed by atoms with Gasteiger partial charge in [-0.25, -0.2) is 14.7 Å². The summed E-state index contributed by atoms with van der Waals surface area (Å²) < 4.78 is 48.8. The fourth-order valence-electron chi connectivity index (χ4n) is 1.53. The van der Waals surface area contributed by atoms with E-state index in [4.69, 9.17) is 4.74 Å². The second-order valence-corrected chi connectivity index (χ2v) is 6.60. The Kier molecular flexibility index (Phi) is 6.57. The van der Waals surface area contributed by atoms with Crippen molar-refractivity contribution in [3.8, 4) is 5.88 Å². The Balaban J connectivity index is 2.82. The highest BCUT2D eigenvalue weighted by molar-refractivity contribution is 9.10. The van der Waals surface area contributed by atoms with E-state index in [1.165, 1.54) is 27.0 Å². The molecule has 0 bridgehead atoms. The quantitative estimate of drug-likeness (QED) is 0.400. The van der Waals surface area contributed by atoms with Crippen LogP contribution < -0.4 is 4.74 Å². The van der Waals surface area contributed by atoms with E-state index >= 15 is 0 Å². The van der Waals surface area contributed by atoms with Gasteiger partial charge in [-0.1, -0.05) is 0 Å². The van der Waals surface area contributed by atoms with Gasteiger partial charge in [0.2, 0.25) is 0 Å². The van der Waals surface area contributed by atoms with Gasteiger partial charge in [0.25, 0.3) is 5.88 Å². The zero-order valence-electron chi connectivity index (χ0n) is 13.5. The van der Waals surface area contributed by atoms with Crippen molar-refractivity contribution in [1.29, 1.82) is 0 Å². The Labute approximate surface area is 149 Å². The van der Waals surface area contributed by atoms with Gasteiger partial charge in [-0.3, -0.25) is 10.1 Å². The Hall–Kier alpha value is -2.11. The van der Waals surface area contributed by atoms with Gasteiger partial charge in [0.15, 0.2) is 0 Å². The maximum Gasteiger partial charge on any atom is 0.489 e. The Morgan fingerprint density at radius 2 is 2.00 bits per heavy atom. The minimum atomic E-state index is -5.00. The summed E-state index contributed by atoms with van der Waals surface area (Å²) in [6.07, 6.45) is -5.40. The molecular weight excluding hydrogens is 415 g/mol. The van der Waals surface area contributed by atoms with Crippen LogP contribution in [0.1, 0.15) is 20.8 Å². The van der Waals surface area contributed by atoms with E-state index in [2.05, 4.69) is 25.7 Å². The normalized spacial score (nSPS) is 11.8. The van der Waals surface area contributed by atoms with Crippen LogP contribution in [0.3, 0.4) is 0 Å². The summed E-state index contributed by atoms with van der Waals surface area (Å²) >= 11 is 2.99. The van der Waals surface area contributed by atoms with Crippen LogP contribution in [-0.4, -0.2) is 46.0 Å². The summed E-state index contributed by atoms with van der Waals surface area (Å²) in [5.74, 6) is -0.459. The molecule has 1 heterocycles. The molecule has 0 aliphatic rings. The molecule has 0 unspecified atom stereocenters. The Morgan fingerprint density at radius 1 is 1.40 bits per heavy atom. The molecule has 0 aliphatic carbocycles. The molecule has 1 aromatic heterocycles. The zero-order chi connectivity index (χ0) is 19.4. The summed E-state index contributed by atoms with van der Waals surface area (Å²) in [6.45, 7) is 2.67. The van der Waals surface area contributed by atoms with Gasteiger partial charge in [0, 0.05) is 16.7 Å². The van der Waals surface area contributed by atoms with Crippen molar-refractivity contribution in [3.05, 3.63) is 26.9 Å². The number of alkyl halides is 3. The predicted octanol–water partition coefficient (Wildman–Crippen LogP) is 3.89. The number of halogens is 4. The number of carbonyl (C=O) groups excluding carboxylic acids is 1. The van der Waals surface area contributed by atoms with Gasteiger partial charge < -0.3 is 9.47 Å². The molecule has 1 amide bonds. The topological polar surface area (TPSA) is 94.8 Å². The maximum absolute atomic E-state index is 13.0. The maximum atomic E-state index is 13.0. The molecule has 140 valence electrons. The number of nitro groups is 1. The standard InChI is InChI=1S/C13H15BrF3N3O5/c1-12(2,3)25-11(21)19(13(15,16)17)4-5-24-10-9(20(22)23)6-8(14)7-18-10/h6-7H,4-5H2,1-3H3. The summed E-state index contributed by atoms with van der Waals surface area (Å²) in [5.41, 5.74) is -1.64. The largest absolute Gasteiger partial charge is 0.489 e. The van der Waals surface area contributed by atoms with Crippen molar-refractivity contribution in [2.75, 3.05) is 13.2 Å². The highest BCUT2D eigenvalue weighted by atomic mass is 79.9. The number of hydrogen-bond acceptors (Lipinski definition) is 6. The number of nitrogens with zero attached hydrogens (tertiary/aromatic N) is 3. The summed E-state index contributed by atoms with van der Waals surface area (Å²) in [4.78, 5) is 24.9. The van der Waals surface area contributed by atoms with E-state index in [1.54, 1.807) is 0 Å². The second-order valence-electron chi connectivity index (χ2n) is 5.68. The van der Waals surface area contributed by atoms with Crippen molar-refractivity contribution < 1.29 is 32.4 Å².